The van der Waals surface area contributed by atoms with Gasteiger partial charge in [-0.3, -0.25) is 0 Å². The van der Waals surface area contributed by atoms with Gasteiger partial charge in [-0.1, -0.05) is 97.1 Å². The number of para-hydroxylation sites is 3. The number of hydrogen-bond acceptors (Lipinski definition) is 1. The van der Waals surface area contributed by atoms with Crippen LogP contribution in [0.1, 0.15) is 0 Å². The van der Waals surface area contributed by atoms with E-state index in [2.05, 4.69) is 149 Å². The average Bonchev–Trinajstić information content (AvgIpc) is 3.27. The number of fused-ring (bicyclic) bond motifs is 4. The molecule has 1 aromatic heterocycles. The van der Waals surface area contributed by atoms with Gasteiger partial charge in [-0.2, -0.15) is 0 Å². The molecule has 2 heteroatoms. The standard InChI is InChI=1S/C34H24N2/c1-2-13-26(14-3-1)36-33-20-9-7-17-30(33)31-23-25(21-22-34(31)36)35-32-19-8-6-16-29(32)28-18-10-12-24-11-4-5-15-27(24)28/h1-23,35H. The molecular weight excluding hydrogens is 436 g/mol. The Kier molecular flexibility index (Phi) is 4.82. The summed E-state index contributed by atoms with van der Waals surface area (Å²) in [5.41, 5.74) is 8.19. The van der Waals surface area contributed by atoms with Crippen LogP contribution in [0.25, 0.3) is 49.4 Å². The summed E-state index contributed by atoms with van der Waals surface area (Å²) < 4.78 is 2.35. The van der Waals surface area contributed by atoms with Crippen molar-refractivity contribution >= 4 is 44.0 Å². The van der Waals surface area contributed by atoms with Crippen LogP contribution in [-0.4, -0.2) is 4.57 Å². The first-order valence-electron chi connectivity index (χ1n) is 12.3. The van der Waals surface area contributed by atoms with Crippen molar-refractivity contribution in [2.24, 2.45) is 0 Å². The first-order valence-corrected chi connectivity index (χ1v) is 12.3. The highest BCUT2D eigenvalue weighted by Gasteiger charge is 2.13. The minimum atomic E-state index is 1.08. The van der Waals surface area contributed by atoms with Crippen LogP contribution >= 0.6 is 0 Å². The summed E-state index contributed by atoms with van der Waals surface area (Å²) in [6.45, 7) is 0. The van der Waals surface area contributed by atoms with E-state index >= 15 is 0 Å². The first-order chi connectivity index (χ1) is 17.9. The van der Waals surface area contributed by atoms with Gasteiger partial charge in [-0.15, -0.1) is 0 Å². The van der Waals surface area contributed by atoms with E-state index in [1.165, 1.54) is 49.4 Å². The van der Waals surface area contributed by atoms with Gasteiger partial charge < -0.3 is 9.88 Å². The van der Waals surface area contributed by atoms with Crippen LogP contribution in [0.3, 0.4) is 0 Å². The number of nitrogens with one attached hydrogen (secondary N) is 1. The van der Waals surface area contributed by atoms with E-state index in [-0.39, 0.29) is 0 Å². The van der Waals surface area contributed by atoms with Crippen LogP contribution < -0.4 is 5.32 Å². The SMILES string of the molecule is c1ccc(-n2c3ccccc3c3cc(Nc4ccccc4-c4cccc5ccccc45)ccc32)cc1. The Bertz CT molecular complexity index is 1860. The van der Waals surface area contributed by atoms with E-state index in [0.29, 0.717) is 0 Å². The Morgan fingerprint density at radius 3 is 2.03 bits per heavy atom. The Morgan fingerprint density at radius 1 is 0.444 bits per heavy atom. The number of aromatic nitrogens is 1. The fourth-order valence-corrected chi connectivity index (χ4v) is 5.35. The molecule has 6 aromatic carbocycles. The number of rotatable bonds is 4. The fraction of sp³-hybridized carbons (Fsp3) is 0. The van der Waals surface area contributed by atoms with Crippen molar-refractivity contribution in [3.05, 3.63) is 140 Å². The molecule has 7 aromatic rings. The van der Waals surface area contributed by atoms with Crippen LogP contribution in [0.15, 0.2) is 140 Å². The lowest BCUT2D eigenvalue weighted by Crippen LogP contribution is -1.95. The van der Waals surface area contributed by atoms with Gasteiger partial charge in [0, 0.05) is 33.4 Å². The number of hydrogen-bond donors (Lipinski definition) is 1. The summed E-state index contributed by atoms with van der Waals surface area (Å²) in [5, 5.41) is 8.73. The molecule has 0 fully saturated rings. The van der Waals surface area contributed by atoms with Gasteiger partial charge in [0.1, 0.15) is 0 Å². The normalized spacial score (nSPS) is 11.3. The van der Waals surface area contributed by atoms with Gasteiger partial charge in [0.15, 0.2) is 0 Å². The van der Waals surface area contributed by atoms with Gasteiger partial charge in [0.2, 0.25) is 0 Å². The van der Waals surface area contributed by atoms with E-state index < -0.39 is 0 Å². The monoisotopic (exact) mass is 460 g/mol. The minimum Gasteiger partial charge on any atom is -0.355 e. The van der Waals surface area contributed by atoms with Crippen LogP contribution in [-0.2, 0) is 0 Å². The van der Waals surface area contributed by atoms with E-state index in [1.807, 2.05) is 0 Å². The molecule has 0 aliphatic heterocycles. The van der Waals surface area contributed by atoms with Crippen molar-refractivity contribution in [1.29, 1.82) is 0 Å². The molecule has 0 saturated carbocycles. The molecule has 170 valence electrons. The molecule has 2 nitrogen and oxygen atoms in total. The number of nitrogens with zero attached hydrogens (tertiary/aromatic N) is 1. The van der Waals surface area contributed by atoms with Crippen molar-refractivity contribution in [1.82, 2.24) is 4.57 Å². The highest BCUT2D eigenvalue weighted by atomic mass is 15.0. The fourth-order valence-electron chi connectivity index (χ4n) is 5.35. The van der Waals surface area contributed by atoms with Gasteiger partial charge >= 0.3 is 0 Å². The maximum atomic E-state index is 3.73. The van der Waals surface area contributed by atoms with Crippen LogP contribution in [0.2, 0.25) is 0 Å². The molecule has 0 bridgehead atoms. The lowest BCUT2D eigenvalue weighted by molar-refractivity contribution is 1.18. The predicted molar refractivity (Wildman–Crippen MR) is 153 cm³/mol. The highest BCUT2D eigenvalue weighted by molar-refractivity contribution is 6.10. The smallest absolute Gasteiger partial charge is 0.0542 e. The third kappa shape index (κ3) is 3.35. The third-order valence-corrected chi connectivity index (χ3v) is 6.97. The van der Waals surface area contributed by atoms with Crippen LogP contribution in [0.4, 0.5) is 11.4 Å². The second-order valence-corrected chi connectivity index (χ2v) is 9.12. The van der Waals surface area contributed by atoms with E-state index in [9.17, 15) is 0 Å². The molecule has 1 heterocycles. The summed E-state index contributed by atoms with van der Waals surface area (Å²) >= 11 is 0. The lowest BCUT2D eigenvalue weighted by atomic mass is 9.97. The molecule has 0 radical (unpaired) electrons. The zero-order chi connectivity index (χ0) is 23.9. The molecule has 0 unspecified atom stereocenters. The van der Waals surface area contributed by atoms with Crippen molar-refractivity contribution in [3.63, 3.8) is 0 Å². The average molecular weight is 461 g/mol. The summed E-state index contributed by atoms with van der Waals surface area (Å²) in [6.07, 6.45) is 0. The van der Waals surface area contributed by atoms with Crippen molar-refractivity contribution in [2.75, 3.05) is 5.32 Å². The quantitative estimate of drug-likeness (QED) is 0.277. The summed E-state index contributed by atoms with van der Waals surface area (Å²) in [4.78, 5) is 0. The van der Waals surface area contributed by atoms with Crippen molar-refractivity contribution < 1.29 is 0 Å². The molecule has 7 rings (SSSR count). The molecule has 0 aliphatic carbocycles. The largest absolute Gasteiger partial charge is 0.355 e. The first kappa shape index (κ1) is 20.5. The van der Waals surface area contributed by atoms with Crippen LogP contribution in [0.5, 0.6) is 0 Å². The van der Waals surface area contributed by atoms with Crippen molar-refractivity contribution in [3.8, 4) is 16.8 Å². The third-order valence-electron chi connectivity index (χ3n) is 6.97. The van der Waals surface area contributed by atoms with Crippen LogP contribution in [0, 0.1) is 0 Å². The molecule has 0 saturated heterocycles. The Labute approximate surface area is 210 Å². The number of anilines is 2. The molecule has 0 amide bonds. The molecule has 0 spiro atoms. The number of benzene rings is 6. The Hall–Kier alpha value is -4.82. The van der Waals surface area contributed by atoms with Gasteiger partial charge in [-0.05, 0) is 58.8 Å². The highest BCUT2D eigenvalue weighted by Crippen LogP contribution is 2.37. The van der Waals surface area contributed by atoms with Gasteiger partial charge in [0.25, 0.3) is 0 Å². The van der Waals surface area contributed by atoms with E-state index in [4.69, 9.17) is 0 Å². The summed E-state index contributed by atoms with van der Waals surface area (Å²) in [7, 11) is 0. The second-order valence-electron chi connectivity index (χ2n) is 9.12. The van der Waals surface area contributed by atoms with E-state index in [1.54, 1.807) is 0 Å². The van der Waals surface area contributed by atoms with Gasteiger partial charge in [-0.25, -0.2) is 0 Å². The predicted octanol–water partition coefficient (Wildman–Crippen LogP) is 9.35. The topological polar surface area (TPSA) is 17.0 Å². The van der Waals surface area contributed by atoms with E-state index in [0.717, 1.165) is 11.4 Å². The van der Waals surface area contributed by atoms with Crippen molar-refractivity contribution in [2.45, 2.75) is 0 Å². The zero-order valence-corrected chi connectivity index (χ0v) is 19.7. The summed E-state index contributed by atoms with van der Waals surface area (Å²) in [6, 6.07) is 49.6. The molecule has 36 heavy (non-hydrogen) atoms. The lowest BCUT2D eigenvalue weighted by Gasteiger charge is -2.15. The molecule has 0 atom stereocenters. The Morgan fingerprint density at radius 2 is 1.11 bits per heavy atom. The molecule has 1 N–H and O–H groups in total. The summed E-state index contributed by atoms with van der Waals surface area (Å²) in [5.74, 6) is 0. The maximum absolute atomic E-state index is 3.73. The molecular formula is C34H24N2. The van der Waals surface area contributed by atoms with Gasteiger partial charge in [0.05, 0.1) is 11.0 Å². The maximum Gasteiger partial charge on any atom is 0.0542 e. The molecule has 0 aliphatic rings. The Balaban J connectivity index is 1.37. The zero-order valence-electron chi connectivity index (χ0n) is 19.7. The second kappa shape index (κ2) is 8.44. The minimum absolute atomic E-state index is 1.08.